The zero-order valence-electron chi connectivity index (χ0n) is 15.1. The highest BCUT2D eigenvalue weighted by Gasteiger charge is 2.21. The third-order valence-electron chi connectivity index (χ3n) is 2.84. The van der Waals surface area contributed by atoms with E-state index in [2.05, 4.69) is 10.3 Å². The van der Waals surface area contributed by atoms with E-state index in [9.17, 15) is 14.4 Å². The number of ether oxygens (including phenoxy) is 2. The zero-order valence-corrected chi connectivity index (χ0v) is 15.9. The Balaban J connectivity index is 2.80. The fourth-order valence-corrected chi connectivity index (χ4v) is 2.45. The molecule has 144 valence electrons. The van der Waals surface area contributed by atoms with Gasteiger partial charge in [0.05, 0.1) is 5.01 Å². The molecule has 0 aliphatic heterocycles. The molecule has 0 aromatic carbocycles. The standard InChI is InChI=1S/C16H23N3O6S/c1-9-19-15(13(26-9)14(17)23)24-8-10(7-18-16(2,3)4)25-12(22)6-5-11(20)21/h5-6,10,18H,7-8H2,1-4H3,(H2,17,23)(H,20,21)/b6-5-. The number of primary amides is 1. The van der Waals surface area contributed by atoms with Gasteiger partial charge in [0, 0.05) is 24.2 Å². The molecule has 1 aromatic heterocycles. The predicted octanol–water partition coefficient (Wildman–Crippen LogP) is 0.870. The van der Waals surface area contributed by atoms with Gasteiger partial charge in [0.25, 0.3) is 5.91 Å². The van der Waals surface area contributed by atoms with Gasteiger partial charge >= 0.3 is 11.9 Å². The smallest absolute Gasteiger partial charge is 0.331 e. The van der Waals surface area contributed by atoms with E-state index in [-0.39, 0.29) is 29.4 Å². The van der Waals surface area contributed by atoms with Crippen molar-refractivity contribution in [1.29, 1.82) is 0 Å². The van der Waals surface area contributed by atoms with Gasteiger partial charge in [-0.1, -0.05) is 0 Å². The van der Waals surface area contributed by atoms with Crippen LogP contribution in [0.5, 0.6) is 5.88 Å². The molecule has 0 saturated carbocycles. The molecule has 0 aliphatic carbocycles. The summed E-state index contributed by atoms with van der Waals surface area (Å²) in [7, 11) is 0. The van der Waals surface area contributed by atoms with Gasteiger partial charge in [0.2, 0.25) is 5.88 Å². The molecule has 1 unspecified atom stereocenters. The van der Waals surface area contributed by atoms with E-state index >= 15 is 0 Å². The SMILES string of the molecule is Cc1nc(OCC(CNC(C)(C)C)OC(=O)/C=C\C(=O)O)c(C(N)=O)s1. The number of hydrogen-bond donors (Lipinski definition) is 3. The summed E-state index contributed by atoms with van der Waals surface area (Å²) < 4.78 is 10.7. The fourth-order valence-electron chi connectivity index (χ4n) is 1.73. The second-order valence-corrected chi connectivity index (χ2v) is 7.61. The van der Waals surface area contributed by atoms with Crippen molar-refractivity contribution in [2.45, 2.75) is 39.3 Å². The number of amides is 1. The highest BCUT2D eigenvalue weighted by molar-refractivity contribution is 7.13. The number of esters is 1. The molecule has 0 bridgehead atoms. The molecule has 26 heavy (non-hydrogen) atoms. The summed E-state index contributed by atoms with van der Waals surface area (Å²) in [4.78, 5) is 37.9. The molecule has 1 amide bonds. The molecular weight excluding hydrogens is 362 g/mol. The monoisotopic (exact) mass is 385 g/mol. The second-order valence-electron chi connectivity index (χ2n) is 6.40. The predicted molar refractivity (Wildman–Crippen MR) is 95.3 cm³/mol. The number of carbonyl (C=O) groups excluding carboxylic acids is 2. The number of hydrogen-bond acceptors (Lipinski definition) is 8. The van der Waals surface area contributed by atoms with Crippen molar-refractivity contribution >= 4 is 29.2 Å². The summed E-state index contributed by atoms with van der Waals surface area (Å²) in [6.45, 7) is 7.69. The van der Waals surface area contributed by atoms with E-state index in [4.69, 9.17) is 20.3 Å². The van der Waals surface area contributed by atoms with Crippen LogP contribution in [0, 0.1) is 6.92 Å². The zero-order chi connectivity index (χ0) is 19.9. The second kappa shape index (κ2) is 9.30. The van der Waals surface area contributed by atoms with Crippen molar-refractivity contribution in [3.8, 4) is 5.88 Å². The lowest BCUT2D eigenvalue weighted by atomic mass is 10.1. The summed E-state index contributed by atoms with van der Waals surface area (Å²) in [5.41, 5.74) is 5.05. The number of carboxylic acid groups (broad SMARTS) is 1. The minimum atomic E-state index is -1.26. The number of nitrogens with zero attached hydrogens (tertiary/aromatic N) is 1. The Bertz CT molecular complexity index is 693. The maximum absolute atomic E-state index is 11.7. The molecule has 0 saturated heterocycles. The van der Waals surface area contributed by atoms with Crippen LogP contribution in [0.3, 0.4) is 0 Å². The Morgan fingerprint density at radius 3 is 2.54 bits per heavy atom. The van der Waals surface area contributed by atoms with Crippen molar-refractivity contribution in [3.05, 3.63) is 22.0 Å². The number of thiazole rings is 1. The van der Waals surface area contributed by atoms with Crippen molar-refractivity contribution in [2.24, 2.45) is 5.73 Å². The number of rotatable bonds is 9. The van der Waals surface area contributed by atoms with Gasteiger partial charge in [-0.15, -0.1) is 11.3 Å². The Morgan fingerprint density at radius 2 is 2.00 bits per heavy atom. The molecule has 9 nitrogen and oxygen atoms in total. The maximum atomic E-state index is 11.7. The highest BCUT2D eigenvalue weighted by Crippen LogP contribution is 2.24. The lowest BCUT2D eigenvalue weighted by molar-refractivity contribution is -0.145. The number of carboxylic acids is 1. The molecule has 1 rings (SSSR count). The summed E-state index contributed by atoms with van der Waals surface area (Å²) >= 11 is 1.11. The Morgan fingerprint density at radius 1 is 1.35 bits per heavy atom. The Labute approximate surface area is 155 Å². The fraction of sp³-hybridized carbons (Fsp3) is 0.500. The summed E-state index contributed by atoms with van der Waals surface area (Å²) in [6.07, 6.45) is 0.767. The van der Waals surface area contributed by atoms with Crippen LogP contribution in [0.15, 0.2) is 12.2 Å². The molecule has 0 radical (unpaired) electrons. The summed E-state index contributed by atoms with van der Waals surface area (Å²) in [5.74, 6) is -2.65. The Hall–Kier alpha value is -2.46. The van der Waals surface area contributed by atoms with Crippen LogP contribution in [0.25, 0.3) is 0 Å². The third kappa shape index (κ3) is 8.08. The van der Waals surface area contributed by atoms with Crippen LogP contribution in [0.2, 0.25) is 0 Å². The minimum Gasteiger partial charge on any atom is -0.478 e. The molecule has 4 N–H and O–H groups in total. The quantitative estimate of drug-likeness (QED) is 0.420. The van der Waals surface area contributed by atoms with E-state index in [1.54, 1.807) is 6.92 Å². The van der Waals surface area contributed by atoms with Crippen LogP contribution in [-0.4, -0.2) is 52.7 Å². The average Bonchev–Trinajstić information content (AvgIpc) is 2.88. The number of aliphatic carboxylic acids is 1. The van der Waals surface area contributed by atoms with E-state index in [1.165, 1.54) is 0 Å². The first kappa shape index (κ1) is 21.6. The normalized spacial score (nSPS) is 12.8. The van der Waals surface area contributed by atoms with Gasteiger partial charge in [-0.3, -0.25) is 4.79 Å². The highest BCUT2D eigenvalue weighted by atomic mass is 32.1. The van der Waals surface area contributed by atoms with Gasteiger partial charge < -0.3 is 25.6 Å². The van der Waals surface area contributed by atoms with Crippen molar-refractivity contribution < 1.29 is 29.0 Å². The lowest BCUT2D eigenvalue weighted by Gasteiger charge is -2.25. The van der Waals surface area contributed by atoms with Gasteiger partial charge in [-0.25, -0.2) is 14.6 Å². The molecule has 0 aliphatic rings. The van der Waals surface area contributed by atoms with E-state index in [0.29, 0.717) is 11.1 Å². The van der Waals surface area contributed by atoms with Crippen LogP contribution < -0.4 is 15.8 Å². The van der Waals surface area contributed by atoms with Crippen LogP contribution in [0.4, 0.5) is 0 Å². The van der Waals surface area contributed by atoms with Crippen molar-refractivity contribution in [1.82, 2.24) is 10.3 Å². The first-order chi connectivity index (χ1) is 12.0. The number of nitrogens with one attached hydrogen (secondary N) is 1. The molecule has 1 atom stereocenters. The molecule has 0 fully saturated rings. The molecule has 0 spiro atoms. The molecule has 1 heterocycles. The third-order valence-corrected chi connectivity index (χ3v) is 3.80. The van der Waals surface area contributed by atoms with Gasteiger partial charge in [-0.2, -0.15) is 0 Å². The molecular formula is C16H23N3O6S. The minimum absolute atomic E-state index is 0.0814. The number of aromatic nitrogens is 1. The van der Waals surface area contributed by atoms with Gasteiger partial charge in [0.1, 0.15) is 12.7 Å². The topological polar surface area (TPSA) is 141 Å². The molecule has 10 heteroatoms. The van der Waals surface area contributed by atoms with E-state index in [0.717, 1.165) is 17.4 Å². The van der Waals surface area contributed by atoms with E-state index < -0.39 is 23.9 Å². The lowest BCUT2D eigenvalue weighted by Crippen LogP contribution is -2.44. The van der Waals surface area contributed by atoms with Crippen molar-refractivity contribution in [3.63, 3.8) is 0 Å². The van der Waals surface area contributed by atoms with Crippen LogP contribution >= 0.6 is 11.3 Å². The Kier molecular flexibility index (Phi) is 7.72. The number of carbonyl (C=O) groups is 3. The molecule has 1 aromatic rings. The van der Waals surface area contributed by atoms with Crippen LogP contribution in [0.1, 0.15) is 35.5 Å². The maximum Gasteiger partial charge on any atom is 0.331 e. The average molecular weight is 385 g/mol. The first-order valence-electron chi connectivity index (χ1n) is 7.74. The van der Waals surface area contributed by atoms with Gasteiger partial charge in [0.15, 0.2) is 4.88 Å². The van der Waals surface area contributed by atoms with Crippen LogP contribution in [-0.2, 0) is 14.3 Å². The first-order valence-corrected chi connectivity index (χ1v) is 8.56. The summed E-state index contributed by atoms with van der Waals surface area (Å²) in [5, 5.41) is 12.3. The largest absolute Gasteiger partial charge is 0.478 e. The van der Waals surface area contributed by atoms with E-state index in [1.807, 2.05) is 20.8 Å². The number of nitrogens with two attached hydrogens (primary N) is 1. The number of aryl methyl sites for hydroxylation is 1. The van der Waals surface area contributed by atoms with Crippen molar-refractivity contribution in [2.75, 3.05) is 13.2 Å². The van der Waals surface area contributed by atoms with Gasteiger partial charge in [-0.05, 0) is 27.7 Å². The summed E-state index contributed by atoms with van der Waals surface area (Å²) in [6, 6.07) is 0.